The van der Waals surface area contributed by atoms with Crippen molar-refractivity contribution in [2.45, 2.75) is 31.0 Å². The van der Waals surface area contributed by atoms with Gasteiger partial charge in [0.25, 0.3) is 0 Å². The Morgan fingerprint density at radius 2 is 2.00 bits per heavy atom. The zero-order valence-electron chi connectivity index (χ0n) is 11.5. The first-order valence-corrected chi connectivity index (χ1v) is 7.61. The van der Waals surface area contributed by atoms with Crippen LogP contribution in [0.5, 0.6) is 0 Å². The summed E-state index contributed by atoms with van der Waals surface area (Å²) >= 11 is 1.84. The van der Waals surface area contributed by atoms with Crippen LogP contribution in [-0.4, -0.2) is 11.5 Å². The molecule has 2 nitrogen and oxygen atoms in total. The number of pyridine rings is 1. The average molecular weight is 272 g/mol. The smallest absolute Gasteiger partial charge is 0.0509 e. The molecule has 0 saturated heterocycles. The van der Waals surface area contributed by atoms with Crippen LogP contribution in [0.15, 0.2) is 47.4 Å². The van der Waals surface area contributed by atoms with Gasteiger partial charge in [-0.2, -0.15) is 0 Å². The molecule has 0 aliphatic rings. The molecule has 0 aliphatic heterocycles. The van der Waals surface area contributed by atoms with E-state index >= 15 is 0 Å². The second-order valence-corrected chi connectivity index (χ2v) is 5.54. The van der Waals surface area contributed by atoms with Gasteiger partial charge in [0.1, 0.15) is 0 Å². The second kappa shape index (κ2) is 7.31. The maximum Gasteiger partial charge on any atom is 0.0509 e. The van der Waals surface area contributed by atoms with E-state index in [1.165, 1.54) is 10.5 Å². The number of nitrogens with one attached hydrogen (secondary N) is 1. The van der Waals surface area contributed by atoms with Crippen molar-refractivity contribution in [2.75, 3.05) is 6.54 Å². The molecule has 0 bridgehead atoms. The topological polar surface area (TPSA) is 24.9 Å². The van der Waals surface area contributed by atoms with E-state index in [0.717, 1.165) is 30.2 Å². The van der Waals surface area contributed by atoms with E-state index in [-0.39, 0.29) is 0 Å². The zero-order valence-corrected chi connectivity index (χ0v) is 12.3. The average Bonchev–Trinajstić information content (AvgIpc) is 2.43. The van der Waals surface area contributed by atoms with Crippen molar-refractivity contribution in [1.82, 2.24) is 10.3 Å². The van der Waals surface area contributed by atoms with Crippen LogP contribution in [-0.2, 0) is 12.3 Å². The van der Waals surface area contributed by atoms with Crippen molar-refractivity contribution >= 4 is 11.8 Å². The van der Waals surface area contributed by atoms with E-state index in [1.807, 2.05) is 24.8 Å². The van der Waals surface area contributed by atoms with E-state index in [0.29, 0.717) is 0 Å². The van der Waals surface area contributed by atoms with Gasteiger partial charge in [-0.1, -0.05) is 25.1 Å². The largest absolute Gasteiger partial charge is 0.313 e. The summed E-state index contributed by atoms with van der Waals surface area (Å²) in [7, 11) is 0. The van der Waals surface area contributed by atoms with Crippen LogP contribution in [0.25, 0.3) is 0 Å². The summed E-state index contributed by atoms with van der Waals surface area (Å²) in [6, 6.07) is 14.9. The van der Waals surface area contributed by atoms with Crippen LogP contribution in [0.1, 0.15) is 23.9 Å². The van der Waals surface area contributed by atoms with Gasteiger partial charge in [-0.05, 0) is 43.3 Å². The molecule has 0 radical (unpaired) electrons. The van der Waals surface area contributed by atoms with Gasteiger partial charge in [-0.25, -0.2) is 0 Å². The fourth-order valence-corrected chi connectivity index (χ4v) is 2.74. The maximum absolute atomic E-state index is 4.53. The normalized spacial score (nSPS) is 10.6. The predicted octanol–water partition coefficient (Wildman–Crippen LogP) is 3.79. The minimum absolute atomic E-state index is 0.923. The number of benzene rings is 1. The molecule has 2 aromatic rings. The standard InChI is InChI=1S/C16H20N2S/c1-3-17-11-14-7-5-9-16(10-14)19-12-15-8-4-6-13(2)18-15/h4-10,17H,3,11-12H2,1-2H3. The lowest BCUT2D eigenvalue weighted by Gasteiger charge is -2.06. The fourth-order valence-electron chi connectivity index (χ4n) is 1.85. The maximum atomic E-state index is 4.53. The molecule has 0 atom stereocenters. The van der Waals surface area contributed by atoms with Crippen molar-refractivity contribution in [3.8, 4) is 0 Å². The molecule has 0 fully saturated rings. The first kappa shape index (κ1) is 14.1. The highest BCUT2D eigenvalue weighted by molar-refractivity contribution is 7.98. The Morgan fingerprint density at radius 1 is 1.16 bits per heavy atom. The molecule has 2 rings (SSSR count). The fraction of sp³-hybridized carbons (Fsp3) is 0.312. The molecular weight excluding hydrogens is 252 g/mol. The molecule has 0 saturated carbocycles. The summed E-state index contributed by atoms with van der Waals surface area (Å²) in [6.45, 7) is 6.10. The Kier molecular flexibility index (Phi) is 5.43. The minimum atomic E-state index is 0.923. The summed E-state index contributed by atoms with van der Waals surface area (Å²) < 4.78 is 0. The molecule has 0 amide bonds. The van der Waals surface area contributed by atoms with Gasteiger partial charge < -0.3 is 5.32 Å². The summed E-state index contributed by atoms with van der Waals surface area (Å²) in [6.07, 6.45) is 0. The van der Waals surface area contributed by atoms with Crippen LogP contribution < -0.4 is 5.32 Å². The van der Waals surface area contributed by atoms with Crippen LogP contribution >= 0.6 is 11.8 Å². The SMILES string of the molecule is CCNCc1cccc(SCc2cccc(C)n2)c1. The third-order valence-corrected chi connectivity index (χ3v) is 3.84. The summed E-state index contributed by atoms with van der Waals surface area (Å²) in [5, 5.41) is 3.35. The number of rotatable bonds is 6. The number of hydrogen-bond acceptors (Lipinski definition) is 3. The molecule has 19 heavy (non-hydrogen) atoms. The van der Waals surface area contributed by atoms with Crippen LogP contribution in [0.3, 0.4) is 0 Å². The highest BCUT2D eigenvalue weighted by Gasteiger charge is 1.99. The monoisotopic (exact) mass is 272 g/mol. The van der Waals surface area contributed by atoms with Crippen LogP contribution in [0.4, 0.5) is 0 Å². The van der Waals surface area contributed by atoms with Crippen molar-refractivity contribution in [2.24, 2.45) is 0 Å². The number of aryl methyl sites for hydroxylation is 1. The highest BCUT2D eigenvalue weighted by Crippen LogP contribution is 2.22. The summed E-state index contributed by atoms with van der Waals surface area (Å²) in [5.74, 6) is 0.923. The molecule has 1 N–H and O–H groups in total. The Balaban J connectivity index is 1.95. The minimum Gasteiger partial charge on any atom is -0.313 e. The van der Waals surface area contributed by atoms with Gasteiger partial charge in [-0.3, -0.25) is 4.98 Å². The quantitative estimate of drug-likeness (QED) is 0.810. The molecule has 1 aromatic heterocycles. The number of hydrogen-bond donors (Lipinski definition) is 1. The Morgan fingerprint density at radius 3 is 2.79 bits per heavy atom. The lowest BCUT2D eigenvalue weighted by molar-refractivity contribution is 0.725. The van der Waals surface area contributed by atoms with Gasteiger partial charge in [0.2, 0.25) is 0 Å². The summed E-state index contributed by atoms with van der Waals surface area (Å²) in [5.41, 5.74) is 3.56. The second-order valence-electron chi connectivity index (χ2n) is 4.49. The Hall–Kier alpha value is -1.32. The van der Waals surface area contributed by atoms with Crippen LogP contribution in [0.2, 0.25) is 0 Å². The van der Waals surface area contributed by atoms with E-state index in [1.54, 1.807) is 0 Å². The lowest BCUT2D eigenvalue weighted by atomic mass is 10.2. The van der Waals surface area contributed by atoms with Gasteiger partial charge in [-0.15, -0.1) is 11.8 Å². The van der Waals surface area contributed by atoms with Crippen molar-refractivity contribution in [3.05, 3.63) is 59.4 Å². The van der Waals surface area contributed by atoms with E-state index in [2.05, 4.69) is 53.6 Å². The zero-order chi connectivity index (χ0) is 13.5. The first-order valence-electron chi connectivity index (χ1n) is 6.63. The van der Waals surface area contributed by atoms with Gasteiger partial charge >= 0.3 is 0 Å². The third kappa shape index (κ3) is 4.69. The predicted molar refractivity (Wildman–Crippen MR) is 82.4 cm³/mol. The molecule has 3 heteroatoms. The van der Waals surface area contributed by atoms with E-state index < -0.39 is 0 Å². The van der Waals surface area contributed by atoms with Crippen LogP contribution in [0, 0.1) is 6.92 Å². The highest BCUT2D eigenvalue weighted by atomic mass is 32.2. The van der Waals surface area contributed by atoms with E-state index in [4.69, 9.17) is 0 Å². The lowest BCUT2D eigenvalue weighted by Crippen LogP contribution is -2.11. The number of nitrogens with zero attached hydrogens (tertiary/aromatic N) is 1. The van der Waals surface area contributed by atoms with Crippen molar-refractivity contribution in [1.29, 1.82) is 0 Å². The molecule has 1 aromatic carbocycles. The molecule has 0 aliphatic carbocycles. The molecule has 1 heterocycles. The Bertz CT molecular complexity index is 526. The number of aromatic nitrogens is 1. The number of thioether (sulfide) groups is 1. The molecule has 0 unspecified atom stereocenters. The summed E-state index contributed by atoms with van der Waals surface area (Å²) in [4.78, 5) is 5.83. The third-order valence-electron chi connectivity index (χ3n) is 2.81. The Labute approximate surface area is 119 Å². The molecule has 100 valence electrons. The van der Waals surface area contributed by atoms with Crippen molar-refractivity contribution in [3.63, 3.8) is 0 Å². The van der Waals surface area contributed by atoms with Gasteiger partial charge in [0.15, 0.2) is 0 Å². The van der Waals surface area contributed by atoms with Gasteiger partial charge in [0, 0.05) is 22.9 Å². The van der Waals surface area contributed by atoms with Crippen molar-refractivity contribution < 1.29 is 0 Å². The first-order chi connectivity index (χ1) is 9.28. The van der Waals surface area contributed by atoms with E-state index in [9.17, 15) is 0 Å². The molecule has 0 spiro atoms. The molecular formula is C16H20N2S. The van der Waals surface area contributed by atoms with Gasteiger partial charge in [0.05, 0.1) is 5.69 Å².